The van der Waals surface area contributed by atoms with E-state index in [4.69, 9.17) is 4.74 Å². The first-order valence-electron chi connectivity index (χ1n) is 6.01. The van der Waals surface area contributed by atoms with Crippen molar-refractivity contribution < 1.29 is 9.84 Å². The van der Waals surface area contributed by atoms with Gasteiger partial charge in [0.1, 0.15) is 0 Å². The number of hydrogen-bond donors (Lipinski definition) is 0. The third kappa shape index (κ3) is 0.308. The van der Waals surface area contributed by atoms with Crippen LogP contribution in [0.4, 0.5) is 0 Å². The molecule has 0 aromatic heterocycles. The van der Waals surface area contributed by atoms with Gasteiger partial charge in [-0.2, -0.15) is 0 Å². The molecule has 0 saturated heterocycles. The van der Waals surface area contributed by atoms with Crippen LogP contribution in [-0.2, 0) is 9.84 Å². The van der Waals surface area contributed by atoms with Gasteiger partial charge in [0.25, 0.3) is 0 Å². The SMILES string of the molecule is CCOCC12C3C4C1C1C2C3C41C[O]. The average molecular weight is 191 g/mol. The lowest BCUT2D eigenvalue weighted by molar-refractivity contribution is -0.664. The summed E-state index contributed by atoms with van der Waals surface area (Å²) in [5, 5.41) is 11.2. The fraction of sp³-hybridized carbons (Fsp3) is 1.00. The van der Waals surface area contributed by atoms with Crippen molar-refractivity contribution in [2.75, 3.05) is 19.8 Å². The van der Waals surface area contributed by atoms with Crippen molar-refractivity contribution >= 4 is 0 Å². The molecular weight excluding hydrogens is 176 g/mol. The van der Waals surface area contributed by atoms with E-state index in [1.54, 1.807) is 0 Å². The molecule has 0 spiro atoms. The lowest BCUT2D eigenvalue weighted by Gasteiger charge is -3.11. The smallest absolute Gasteiger partial charge is 0.0887 e. The molecular formula is C12H15O2. The highest BCUT2D eigenvalue weighted by molar-refractivity contribution is 5.54. The van der Waals surface area contributed by atoms with Gasteiger partial charge in [-0.25, -0.2) is 5.11 Å². The third-order valence-electron chi connectivity index (χ3n) is 6.85. The first-order chi connectivity index (χ1) is 6.85. The molecule has 0 unspecified atom stereocenters. The molecule has 0 aliphatic heterocycles. The molecule has 14 heavy (non-hydrogen) atoms. The molecule has 6 rings (SSSR count). The van der Waals surface area contributed by atoms with Gasteiger partial charge in [-0.1, -0.05) is 0 Å². The monoisotopic (exact) mass is 191 g/mol. The van der Waals surface area contributed by atoms with Crippen LogP contribution < -0.4 is 0 Å². The molecule has 6 aliphatic carbocycles. The van der Waals surface area contributed by atoms with Crippen LogP contribution in [0, 0.1) is 46.3 Å². The van der Waals surface area contributed by atoms with Gasteiger partial charge < -0.3 is 4.74 Å². The van der Waals surface area contributed by atoms with E-state index < -0.39 is 0 Å². The Morgan fingerprint density at radius 1 is 1.00 bits per heavy atom. The predicted molar refractivity (Wildman–Crippen MR) is 47.9 cm³/mol. The summed E-state index contributed by atoms with van der Waals surface area (Å²) >= 11 is 0. The van der Waals surface area contributed by atoms with Crippen LogP contribution in [0.15, 0.2) is 0 Å². The summed E-state index contributed by atoms with van der Waals surface area (Å²) in [6.07, 6.45) is 0. The second kappa shape index (κ2) is 1.60. The largest absolute Gasteiger partial charge is 0.381 e. The van der Waals surface area contributed by atoms with Crippen molar-refractivity contribution in [3.63, 3.8) is 0 Å². The number of ether oxygens (including phenoxy) is 1. The van der Waals surface area contributed by atoms with Crippen molar-refractivity contribution in [3.05, 3.63) is 0 Å². The van der Waals surface area contributed by atoms with Gasteiger partial charge in [0.2, 0.25) is 0 Å². The lowest BCUT2D eigenvalue weighted by Crippen LogP contribution is -3.10. The maximum absolute atomic E-state index is 11.2. The molecule has 0 aromatic carbocycles. The lowest BCUT2D eigenvalue weighted by atomic mass is 8.92. The quantitative estimate of drug-likeness (QED) is 0.656. The van der Waals surface area contributed by atoms with Gasteiger partial charge in [-0.15, -0.1) is 0 Å². The Balaban J connectivity index is 1.46. The fourth-order valence-electron chi connectivity index (χ4n) is 6.83. The summed E-state index contributed by atoms with van der Waals surface area (Å²) in [5.74, 6) is 5.47. The zero-order valence-electron chi connectivity index (χ0n) is 8.40. The Kier molecular flexibility index (Phi) is 0.825. The van der Waals surface area contributed by atoms with E-state index in [9.17, 15) is 5.11 Å². The summed E-state index contributed by atoms with van der Waals surface area (Å²) < 4.78 is 5.63. The summed E-state index contributed by atoms with van der Waals surface area (Å²) in [5.41, 5.74) is 1.00. The molecule has 1 radical (unpaired) electrons. The van der Waals surface area contributed by atoms with Crippen molar-refractivity contribution in [3.8, 4) is 0 Å². The van der Waals surface area contributed by atoms with Gasteiger partial charge in [0.15, 0.2) is 0 Å². The Hall–Kier alpha value is -0.0800. The van der Waals surface area contributed by atoms with E-state index in [2.05, 4.69) is 6.92 Å². The zero-order valence-corrected chi connectivity index (χ0v) is 8.40. The van der Waals surface area contributed by atoms with Gasteiger partial charge in [0, 0.05) is 17.4 Å². The number of hydrogen-bond acceptors (Lipinski definition) is 1. The minimum Gasteiger partial charge on any atom is -0.381 e. The molecule has 6 fully saturated rings. The third-order valence-corrected chi connectivity index (χ3v) is 6.85. The minimum absolute atomic E-state index is 0.237. The maximum atomic E-state index is 11.2. The molecule has 0 amide bonds. The molecule has 75 valence electrons. The van der Waals surface area contributed by atoms with Crippen LogP contribution in [-0.4, -0.2) is 19.8 Å². The van der Waals surface area contributed by atoms with E-state index in [0.29, 0.717) is 10.8 Å². The van der Waals surface area contributed by atoms with Gasteiger partial charge in [-0.05, 0) is 42.4 Å². The molecule has 6 saturated carbocycles. The Morgan fingerprint density at radius 2 is 1.50 bits per heavy atom. The zero-order chi connectivity index (χ0) is 9.29. The van der Waals surface area contributed by atoms with Crippen molar-refractivity contribution in [1.82, 2.24) is 0 Å². The Bertz CT molecular complexity index is 295. The van der Waals surface area contributed by atoms with Crippen LogP contribution >= 0.6 is 0 Å². The average Bonchev–Trinajstić information content (AvgIpc) is 2.26. The van der Waals surface area contributed by atoms with E-state index in [1.165, 1.54) is 0 Å². The van der Waals surface area contributed by atoms with Gasteiger partial charge in [-0.3, -0.25) is 0 Å². The minimum atomic E-state index is 0.237. The van der Waals surface area contributed by atoms with Gasteiger partial charge >= 0.3 is 0 Å². The molecule has 0 heterocycles. The molecule has 0 atom stereocenters. The standard InChI is InChI=1S/C12H15O2/c1-2-14-4-12-8-5-9(12)7-10(12)6(8)11(5,7)3-13/h5-10H,2-4H2,1H3. The first-order valence-corrected chi connectivity index (χ1v) is 6.01. The summed E-state index contributed by atoms with van der Waals surface area (Å²) in [6.45, 7) is 4.20. The van der Waals surface area contributed by atoms with E-state index >= 15 is 0 Å². The summed E-state index contributed by atoms with van der Waals surface area (Å²) in [6, 6.07) is 0. The maximum Gasteiger partial charge on any atom is 0.0887 e. The highest BCUT2D eigenvalue weighted by Gasteiger charge is 3.09. The summed E-state index contributed by atoms with van der Waals surface area (Å²) in [4.78, 5) is 0. The molecule has 0 aromatic rings. The van der Waals surface area contributed by atoms with Crippen LogP contribution in [0.3, 0.4) is 0 Å². The van der Waals surface area contributed by atoms with E-state index in [-0.39, 0.29) is 6.61 Å². The molecule has 6 aliphatic rings. The topological polar surface area (TPSA) is 29.1 Å². The fourth-order valence-corrected chi connectivity index (χ4v) is 6.83. The molecule has 2 heteroatoms. The van der Waals surface area contributed by atoms with Crippen LogP contribution in [0.25, 0.3) is 0 Å². The van der Waals surface area contributed by atoms with Crippen molar-refractivity contribution in [2.24, 2.45) is 46.3 Å². The van der Waals surface area contributed by atoms with Crippen LogP contribution in [0.1, 0.15) is 6.92 Å². The van der Waals surface area contributed by atoms with Crippen molar-refractivity contribution in [1.29, 1.82) is 0 Å². The molecule has 2 nitrogen and oxygen atoms in total. The first kappa shape index (κ1) is 7.24. The van der Waals surface area contributed by atoms with Crippen LogP contribution in [0.2, 0.25) is 0 Å². The second-order valence-corrected chi connectivity index (χ2v) is 6.16. The Labute approximate surface area is 83.6 Å². The van der Waals surface area contributed by atoms with Crippen LogP contribution in [0.5, 0.6) is 0 Å². The van der Waals surface area contributed by atoms with E-state index in [1.807, 2.05) is 0 Å². The summed E-state index contributed by atoms with van der Waals surface area (Å²) in [7, 11) is 0. The Morgan fingerprint density at radius 3 is 1.93 bits per heavy atom. The highest BCUT2D eigenvalue weighted by Crippen LogP contribution is 3.10. The van der Waals surface area contributed by atoms with Gasteiger partial charge in [0.05, 0.1) is 13.2 Å². The number of rotatable bonds is 4. The van der Waals surface area contributed by atoms with E-state index in [0.717, 1.165) is 48.7 Å². The second-order valence-electron chi connectivity index (χ2n) is 6.16. The molecule has 0 N–H and O–H groups in total. The highest BCUT2D eigenvalue weighted by atomic mass is 16.5. The normalized spacial score (nSPS) is 77.6. The predicted octanol–water partition coefficient (Wildman–Crippen LogP) is 1.19. The van der Waals surface area contributed by atoms with Crippen molar-refractivity contribution in [2.45, 2.75) is 6.92 Å². The molecule has 0 bridgehead atoms.